The van der Waals surface area contributed by atoms with Gasteiger partial charge < -0.3 is 5.32 Å². The molecular formula is C15H24N2. The number of nitrogens with zero attached hydrogens (tertiary/aromatic N) is 1. The van der Waals surface area contributed by atoms with E-state index >= 15 is 0 Å². The number of rotatable bonds is 3. The van der Waals surface area contributed by atoms with E-state index in [9.17, 15) is 0 Å². The molecule has 0 aliphatic carbocycles. The summed E-state index contributed by atoms with van der Waals surface area (Å²) in [6.07, 6.45) is 1.20. The third kappa shape index (κ3) is 2.88. The fraction of sp³-hybridized carbons (Fsp3) is 0.600. The van der Waals surface area contributed by atoms with Crippen LogP contribution in [-0.4, -0.2) is 31.1 Å². The zero-order valence-corrected chi connectivity index (χ0v) is 11.3. The lowest BCUT2D eigenvalue weighted by molar-refractivity contribution is 0.169. The molecule has 0 spiro atoms. The molecule has 94 valence electrons. The average Bonchev–Trinajstić information content (AvgIpc) is 2.34. The predicted molar refractivity (Wildman–Crippen MR) is 73.4 cm³/mol. The van der Waals surface area contributed by atoms with Gasteiger partial charge in [0.15, 0.2) is 0 Å². The summed E-state index contributed by atoms with van der Waals surface area (Å²) in [7, 11) is 0. The van der Waals surface area contributed by atoms with Gasteiger partial charge in [-0.05, 0) is 31.4 Å². The first-order valence-electron chi connectivity index (χ1n) is 6.74. The van der Waals surface area contributed by atoms with Crippen LogP contribution in [0.1, 0.15) is 36.1 Å². The van der Waals surface area contributed by atoms with Gasteiger partial charge >= 0.3 is 0 Å². The molecule has 1 fully saturated rings. The Morgan fingerprint density at radius 2 is 1.94 bits per heavy atom. The largest absolute Gasteiger partial charge is 0.314 e. The maximum atomic E-state index is 3.43. The van der Waals surface area contributed by atoms with E-state index in [-0.39, 0.29) is 0 Å². The van der Waals surface area contributed by atoms with Crippen LogP contribution in [0.15, 0.2) is 18.2 Å². The van der Waals surface area contributed by atoms with Gasteiger partial charge in [-0.3, -0.25) is 4.90 Å². The van der Waals surface area contributed by atoms with Gasteiger partial charge in [0.25, 0.3) is 0 Å². The van der Waals surface area contributed by atoms with Crippen LogP contribution in [0.2, 0.25) is 0 Å². The summed E-state index contributed by atoms with van der Waals surface area (Å²) in [5.74, 6) is 0. The normalized spacial score (nSPS) is 19.2. The van der Waals surface area contributed by atoms with Gasteiger partial charge in [-0.25, -0.2) is 0 Å². The number of piperazine rings is 1. The maximum absolute atomic E-state index is 3.43. The average molecular weight is 232 g/mol. The highest BCUT2D eigenvalue weighted by Gasteiger charge is 2.21. The van der Waals surface area contributed by atoms with E-state index in [0.29, 0.717) is 6.04 Å². The van der Waals surface area contributed by atoms with Crippen LogP contribution in [0.5, 0.6) is 0 Å². The summed E-state index contributed by atoms with van der Waals surface area (Å²) < 4.78 is 0. The summed E-state index contributed by atoms with van der Waals surface area (Å²) in [4.78, 5) is 2.62. The molecule has 1 aromatic carbocycles. The van der Waals surface area contributed by atoms with Crippen molar-refractivity contribution in [2.75, 3.05) is 26.2 Å². The van der Waals surface area contributed by atoms with Gasteiger partial charge in [0.1, 0.15) is 0 Å². The Hall–Kier alpha value is -0.860. The minimum atomic E-state index is 0.595. The molecule has 1 aromatic rings. The molecular weight excluding hydrogens is 208 g/mol. The minimum absolute atomic E-state index is 0.595. The first-order chi connectivity index (χ1) is 8.22. The number of hydrogen-bond donors (Lipinski definition) is 1. The van der Waals surface area contributed by atoms with E-state index in [1.807, 2.05) is 0 Å². The molecule has 0 radical (unpaired) electrons. The first-order valence-corrected chi connectivity index (χ1v) is 6.74. The van der Waals surface area contributed by atoms with Crippen LogP contribution in [0.4, 0.5) is 0 Å². The topological polar surface area (TPSA) is 15.3 Å². The fourth-order valence-electron chi connectivity index (χ4n) is 2.87. The molecule has 1 heterocycles. The Labute approximate surface area is 105 Å². The van der Waals surface area contributed by atoms with Crippen LogP contribution in [0.25, 0.3) is 0 Å². The van der Waals surface area contributed by atoms with E-state index in [1.165, 1.54) is 36.2 Å². The summed E-state index contributed by atoms with van der Waals surface area (Å²) >= 11 is 0. The van der Waals surface area contributed by atoms with Crippen LogP contribution >= 0.6 is 0 Å². The Morgan fingerprint density at radius 3 is 2.53 bits per heavy atom. The van der Waals surface area contributed by atoms with Gasteiger partial charge in [0, 0.05) is 32.2 Å². The summed E-state index contributed by atoms with van der Waals surface area (Å²) in [6.45, 7) is 11.3. The first kappa shape index (κ1) is 12.6. The standard InChI is InChI=1S/C15H24N2/c1-4-15(17-9-7-16-8-10-17)14-6-5-12(2)11-13(14)3/h5-6,11,15-16H,4,7-10H2,1-3H3/t15-/m1/s1. The highest BCUT2D eigenvalue weighted by Crippen LogP contribution is 2.27. The molecule has 1 aliphatic rings. The number of nitrogens with one attached hydrogen (secondary N) is 1. The summed E-state index contributed by atoms with van der Waals surface area (Å²) in [6, 6.07) is 7.46. The van der Waals surface area contributed by atoms with E-state index in [4.69, 9.17) is 0 Å². The van der Waals surface area contributed by atoms with Crippen molar-refractivity contribution in [1.82, 2.24) is 10.2 Å². The number of aryl methyl sites for hydroxylation is 2. The second kappa shape index (κ2) is 5.65. The van der Waals surface area contributed by atoms with E-state index in [1.54, 1.807) is 0 Å². The zero-order chi connectivity index (χ0) is 12.3. The van der Waals surface area contributed by atoms with Crippen molar-refractivity contribution in [2.45, 2.75) is 33.2 Å². The summed E-state index contributed by atoms with van der Waals surface area (Å²) in [5, 5.41) is 3.43. The van der Waals surface area contributed by atoms with Gasteiger partial charge in [0.2, 0.25) is 0 Å². The lowest BCUT2D eigenvalue weighted by atomic mass is 9.96. The van der Waals surface area contributed by atoms with Gasteiger partial charge in [-0.15, -0.1) is 0 Å². The highest BCUT2D eigenvalue weighted by molar-refractivity contribution is 5.32. The van der Waals surface area contributed by atoms with E-state index < -0.39 is 0 Å². The smallest absolute Gasteiger partial charge is 0.0349 e. The van der Waals surface area contributed by atoms with Crippen molar-refractivity contribution in [2.24, 2.45) is 0 Å². The molecule has 0 bridgehead atoms. The van der Waals surface area contributed by atoms with Crippen LogP contribution in [0, 0.1) is 13.8 Å². The molecule has 17 heavy (non-hydrogen) atoms. The van der Waals surface area contributed by atoms with Gasteiger partial charge in [-0.1, -0.05) is 30.7 Å². The Bertz CT molecular complexity index is 367. The molecule has 1 aliphatic heterocycles. The SMILES string of the molecule is CC[C@H](c1ccc(C)cc1C)N1CCNCC1. The highest BCUT2D eigenvalue weighted by atomic mass is 15.2. The van der Waals surface area contributed by atoms with E-state index in [0.717, 1.165) is 13.1 Å². The number of hydrogen-bond acceptors (Lipinski definition) is 2. The van der Waals surface area contributed by atoms with Crippen molar-refractivity contribution in [3.8, 4) is 0 Å². The van der Waals surface area contributed by atoms with Crippen molar-refractivity contribution in [3.05, 3.63) is 34.9 Å². The molecule has 0 aromatic heterocycles. The molecule has 0 amide bonds. The van der Waals surface area contributed by atoms with Crippen molar-refractivity contribution in [3.63, 3.8) is 0 Å². The van der Waals surface area contributed by atoms with Crippen LogP contribution < -0.4 is 5.32 Å². The Balaban J connectivity index is 2.21. The molecule has 1 saturated heterocycles. The lowest BCUT2D eigenvalue weighted by Gasteiger charge is -2.35. The van der Waals surface area contributed by atoms with Crippen molar-refractivity contribution in [1.29, 1.82) is 0 Å². The van der Waals surface area contributed by atoms with E-state index in [2.05, 4.69) is 49.2 Å². The van der Waals surface area contributed by atoms with Crippen LogP contribution in [-0.2, 0) is 0 Å². The molecule has 1 N–H and O–H groups in total. The van der Waals surface area contributed by atoms with Gasteiger partial charge in [-0.2, -0.15) is 0 Å². The van der Waals surface area contributed by atoms with Gasteiger partial charge in [0.05, 0.1) is 0 Å². The van der Waals surface area contributed by atoms with Crippen molar-refractivity contribution >= 4 is 0 Å². The molecule has 2 heteroatoms. The third-order valence-electron chi connectivity index (χ3n) is 3.76. The quantitative estimate of drug-likeness (QED) is 0.862. The predicted octanol–water partition coefficient (Wildman–Crippen LogP) is 2.66. The Kier molecular flexibility index (Phi) is 4.19. The molecule has 0 saturated carbocycles. The fourth-order valence-corrected chi connectivity index (χ4v) is 2.87. The second-order valence-electron chi connectivity index (χ2n) is 5.07. The Morgan fingerprint density at radius 1 is 1.24 bits per heavy atom. The van der Waals surface area contributed by atoms with Crippen molar-refractivity contribution < 1.29 is 0 Å². The lowest BCUT2D eigenvalue weighted by Crippen LogP contribution is -2.45. The molecule has 2 nitrogen and oxygen atoms in total. The second-order valence-corrected chi connectivity index (χ2v) is 5.07. The maximum Gasteiger partial charge on any atom is 0.0349 e. The summed E-state index contributed by atoms with van der Waals surface area (Å²) in [5.41, 5.74) is 4.32. The minimum Gasteiger partial charge on any atom is -0.314 e. The molecule has 1 atom stereocenters. The monoisotopic (exact) mass is 232 g/mol. The molecule has 0 unspecified atom stereocenters. The van der Waals surface area contributed by atoms with Crippen LogP contribution in [0.3, 0.4) is 0 Å². The molecule has 2 rings (SSSR count). The zero-order valence-electron chi connectivity index (χ0n) is 11.3. The third-order valence-corrected chi connectivity index (χ3v) is 3.76. The number of benzene rings is 1.